The fourth-order valence-electron chi connectivity index (χ4n) is 5.86. The molecule has 1 aromatic carbocycles. The third-order valence-electron chi connectivity index (χ3n) is 7.23. The Hall–Kier alpha value is -2.04. The molecule has 4 aliphatic rings. The average Bonchev–Trinajstić information content (AvgIpc) is 3.22. The summed E-state index contributed by atoms with van der Waals surface area (Å²) in [6.45, 7) is 0.634. The van der Waals surface area contributed by atoms with Crippen molar-refractivity contribution in [2.75, 3.05) is 6.61 Å². The second-order valence-corrected chi connectivity index (χ2v) is 8.45. The monoisotopic (exact) mass is 355 g/mol. The van der Waals surface area contributed by atoms with Gasteiger partial charge in [0.2, 0.25) is 5.91 Å². The van der Waals surface area contributed by atoms with Crippen LogP contribution in [0.25, 0.3) is 0 Å². The summed E-state index contributed by atoms with van der Waals surface area (Å²) in [6.07, 6.45) is 6.58. The van der Waals surface area contributed by atoms with Gasteiger partial charge in [0.05, 0.1) is 6.61 Å². The van der Waals surface area contributed by atoms with Crippen molar-refractivity contribution in [3.63, 3.8) is 0 Å². The summed E-state index contributed by atoms with van der Waals surface area (Å²) >= 11 is 0. The molecule has 1 saturated heterocycles. The number of aliphatic carboxylic acids is 1. The van der Waals surface area contributed by atoms with Crippen LogP contribution in [0.1, 0.15) is 50.5 Å². The lowest BCUT2D eigenvalue weighted by Gasteiger charge is -2.34. The van der Waals surface area contributed by atoms with E-state index in [0.717, 1.165) is 49.8 Å². The summed E-state index contributed by atoms with van der Waals surface area (Å²) in [6, 6.07) is 7.51. The molecule has 1 amide bonds. The van der Waals surface area contributed by atoms with E-state index in [1.807, 2.05) is 18.2 Å². The van der Waals surface area contributed by atoms with Crippen molar-refractivity contribution in [1.29, 1.82) is 0 Å². The molecule has 1 aromatic rings. The quantitative estimate of drug-likeness (QED) is 0.886. The van der Waals surface area contributed by atoms with Gasteiger partial charge < -0.3 is 14.7 Å². The summed E-state index contributed by atoms with van der Waals surface area (Å²) < 4.78 is 5.78. The number of fused-ring (bicyclic) bond motifs is 3. The number of benzene rings is 1. The molecule has 5 rings (SSSR count). The van der Waals surface area contributed by atoms with Gasteiger partial charge in [-0.3, -0.25) is 4.79 Å². The lowest BCUT2D eigenvalue weighted by atomic mass is 9.84. The smallest absolute Gasteiger partial charge is 0.326 e. The van der Waals surface area contributed by atoms with Crippen LogP contribution in [-0.2, 0) is 15.0 Å². The minimum Gasteiger partial charge on any atom is -0.493 e. The number of likely N-dealkylation sites (tertiary alicyclic amines) is 1. The Morgan fingerprint density at radius 1 is 1.19 bits per heavy atom. The van der Waals surface area contributed by atoms with E-state index in [9.17, 15) is 14.7 Å². The number of carboxylic acid groups (broad SMARTS) is 1. The molecule has 2 aliphatic heterocycles. The Labute approximate surface area is 153 Å². The Kier molecular flexibility index (Phi) is 3.56. The fraction of sp³-hybridized carbons (Fsp3) is 0.619. The van der Waals surface area contributed by atoms with Crippen LogP contribution in [0.2, 0.25) is 0 Å². The molecule has 0 radical (unpaired) electrons. The molecule has 0 bridgehead atoms. The number of carboxylic acids is 1. The molecule has 26 heavy (non-hydrogen) atoms. The van der Waals surface area contributed by atoms with Crippen molar-refractivity contribution in [3.05, 3.63) is 29.8 Å². The highest BCUT2D eigenvalue weighted by atomic mass is 16.5. The summed E-state index contributed by atoms with van der Waals surface area (Å²) in [7, 11) is 0. The Balaban J connectivity index is 1.45. The standard InChI is InChI=1S/C21H25NO4/c23-19(22-16-7-3-1-5-13(16)11-17(22)20(24)25)15-12-21(15)9-10-26-18-8-4-2-6-14(18)21/h2,4,6,8,13,15-17H,1,3,5,7,9-12H2,(H,24,25)/t13?,15-,16?,17?,21-/m0/s1. The topological polar surface area (TPSA) is 66.8 Å². The first kappa shape index (κ1) is 16.2. The third-order valence-corrected chi connectivity index (χ3v) is 7.23. The zero-order valence-electron chi connectivity index (χ0n) is 14.9. The van der Waals surface area contributed by atoms with Crippen molar-refractivity contribution in [2.45, 2.75) is 62.4 Å². The second-order valence-electron chi connectivity index (χ2n) is 8.45. The van der Waals surface area contributed by atoms with Gasteiger partial charge >= 0.3 is 5.97 Å². The minimum absolute atomic E-state index is 0.0727. The zero-order chi connectivity index (χ0) is 17.9. The molecule has 1 spiro atoms. The van der Waals surface area contributed by atoms with E-state index in [2.05, 4.69) is 6.07 Å². The molecule has 3 fully saturated rings. The predicted molar refractivity (Wildman–Crippen MR) is 95.0 cm³/mol. The van der Waals surface area contributed by atoms with Crippen LogP contribution in [0.4, 0.5) is 0 Å². The van der Waals surface area contributed by atoms with Crippen LogP contribution in [0.15, 0.2) is 24.3 Å². The van der Waals surface area contributed by atoms with Crippen LogP contribution >= 0.6 is 0 Å². The highest BCUT2D eigenvalue weighted by Crippen LogP contribution is 2.62. The number of nitrogens with zero attached hydrogens (tertiary/aromatic N) is 1. The summed E-state index contributed by atoms with van der Waals surface area (Å²) in [4.78, 5) is 27.1. The van der Waals surface area contributed by atoms with Gasteiger partial charge in [0.1, 0.15) is 11.8 Å². The van der Waals surface area contributed by atoms with E-state index < -0.39 is 12.0 Å². The van der Waals surface area contributed by atoms with Crippen LogP contribution in [0.5, 0.6) is 5.75 Å². The number of ether oxygens (including phenoxy) is 1. The zero-order valence-corrected chi connectivity index (χ0v) is 14.9. The van der Waals surface area contributed by atoms with Crippen LogP contribution < -0.4 is 4.74 Å². The number of hydrogen-bond donors (Lipinski definition) is 1. The molecule has 5 heteroatoms. The van der Waals surface area contributed by atoms with E-state index in [4.69, 9.17) is 4.74 Å². The highest BCUT2D eigenvalue weighted by Gasteiger charge is 2.64. The van der Waals surface area contributed by atoms with Crippen molar-refractivity contribution in [3.8, 4) is 5.75 Å². The first-order valence-corrected chi connectivity index (χ1v) is 9.89. The summed E-state index contributed by atoms with van der Waals surface area (Å²) in [5.41, 5.74) is 0.998. The molecule has 1 N–H and O–H groups in total. The van der Waals surface area contributed by atoms with Gasteiger partial charge in [-0.2, -0.15) is 0 Å². The van der Waals surface area contributed by atoms with Crippen LogP contribution in [0, 0.1) is 11.8 Å². The highest BCUT2D eigenvalue weighted by molar-refractivity contribution is 5.90. The fourth-order valence-corrected chi connectivity index (χ4v) is 5.86. The maximum atomic E-state index is 13.5. The van der Waals surface area contributed by atoms with Gasteiger partial charge in [0.25, 0.3) is 0 Å². The number of rotatable bonds is 2. The first-order chi connectivity index (χ1) is 12.6. The largest absolute Gasteiger partial charge is 0.493 e. The number of hydrogen-bond acceptors (Lipinski definition) is 3. The molecular weight excluding hydrogens is 330 g/mol. The van der Waals surface area contributed by atoms with Crippen molar-refractivity contribution < 1.29 is 19.4 Å². The minimum atomic E-state index is -0.838. The van der Waals surface area contributed by atoms with Crippen LogP contribution in [0.3, 0.4) is 0 Å². The van der Waals surface area contributed by atoms with Gasteiger partial charge in [0.15, 0.2) is 0 Å². The van der Waals surface area contributed by atoms with Gasteiger partial charge in [0, 0.05) is 22.9 Å². The number of amides is 1. The molecule has 5 nitrogen and oxygen atoms in total. The number of carbonyl (C=O) groups is 2. The average molecular weight is 355 g/mol. The lowest BCUT2D eigenvalue weighted by molar-refractivity contribution is -0.150. The molecule has 138 valence electrons. The maximum absolute atomic E-state index is 13.5. The van der Waals surface area contributed by atoms with E-state index in [-0.39, 0.29) is 23.3 Å². The number of carbonyl (C=O) groups excluding carboxylic acids is 1. The lowest BCUT2D eigenvalue weighted by Crippen LogP contribution is -2.47. The third kappa shape index (κ3) is 2.22. The molecule has 5 atom stereocenters. The first-order valence-electron chi connectivity index (χ1n) is 9.89. The molecule has 2 heterocycles. The van der Waals surface area contributed by atoms with Crippen molar-refractivity contribution in [1.82, 2.24) is 4.90 Å². The Bertz CT molecular complexity index is 762. The SMILES string of the molecule is O=C(O)C1CC2CCCCC2N1C(=O)[C@@H]1C[C@]12CCOc1ccccc12. The number of para-hydroxylation sites is 1. The normalized spacial score (nSPS) is 37.6. The molecular formula is C21H25NO4. The molecule has 2 saturated carbocycles. The van der Waals surface area contributed by atoms with E-state index >= 15 is 0 Å². The molecule has 0 aromatic heterocycles. The maximum Gasteiger partial charge on any atom is 0.326 e. The molecule has 2 aliphatic carbocycles. The van der Waals surface area contributed by atoms with Gasteiger partial charge in [-0.15, -0.1) is 0 Å². The predicted octanol–water partition coefficient (Wildman–Crippen LogP) is 2.97. The van der Waals surface area contributed by atoms with Gasteiger partial charge in [-0.05, 0) is 44.1 Å². The van der Waals surface area contributed by atoms with Crippen molar-refractivity contribution >= 4 is 11.9 Å². The molecule has 3 unspecified atom stereocenters. The van der Waals surface area contributed by atoms with Crippen molar-refractivity contribution in [2.24, 2.45) is 11.8 Å². The van der Waals surface area contributed by atoms with Gasteiger partial charge in [-0.1, -0.05) is 31.0 Å². The van der Waals surface area contributed by atoms with Crippen LogP contribution in [-0.4, -0.2) is 40.6 Å². The summed E-state index contributed by atoms with van der Waals surface area (Å²) in [5, 5.41) is 9.73. The summed E-state index contributed by atoms with van der Waals surface area (Å²) in [5.74, 6) is 0.402. The van der Waals surface area contributed by atoms with E-state index in [1.165, 1.54) is 0 Å². The Morgan fingerprint density at radius 3 is 2.85 bits per heavy atom. The van der Waals surface area contributed by atoms with Gasteiger partial charge in [-0.25, -0.2) is 4.79 Å². The second kappa shape index (κ2) is 5.73. The van der Waals surface area contributed by atoms with E-state index in [1.54, 1.807) is 4.90 Å². The Morgan fingerprint density at radius 2 is 2.00 bits per heavy atom. The van der Waals surface area contributed by atoms with E-state index in [0.29, 0.717) is 18.9 Å².